The molecule has 1 amide bonds. The lowest BCUT2D eigenvalue weighted by Crippen LogP contribution is -2.30. The molecule has 0 bridgehead atoms. The number of nitrogens with zero attached hydrogens (tertiary/aromatic N) is 1. The number of carbonyl (C=O) groups is 1. The Morgan fingerprint density at radius 1 is 1.22 bits per heavy atom. The molecule has 3 N–H and O–H groups in total. The van der Waals surface area contributed by atoms with Crippen LogP contribution in [0.3, 0.4) is 0 Å². The number of aromatic nitrogens is 1. The van der Waals surface area contributed by atoms with Crippen molar-refractivity contribution in [2.45, 2.75) is 6.54 Å². The molecule has 0 aliphatic heterocycles. The molecule has 0 fully saturated rings. The molecule has 0 atom stereocenters. The number of hydrazine groups is 1. The predicted octanol–water partition coefficient (Wildman–Crippen LogP) is 0.500. The highest BCUT2D eigenvalue weighted by molar-refractivity contribution is 5.93. The zero-order chi connectivity index (χ0) is 13.0. The number of benzene rings is 1. The molecule has 92 valence electrons. The molecular weight excluding hydrogens is 230 g/mol. The van der Waals surface area contributed by atoms with E-state index >= 15 is 0 Å². The van der Waals surface area contributed by atoms with E-state index in [1.807, 2.05) is 10.6 Å². The van der Waals surface area contributed by atoms with E-state index < -0.39 is 0 Å². The Balaban J connectivity index is 2.21. The molecule has 2 rings (SSSR count). The van der Waals surface area contributed by atoms with E-state index in [4.69, 9.17) is 5.84 Å². The number of nitrogen functional groups attached to an aromatic ring is 1. The van der Waals surface area contributed by atoms with Crippen molar-refractivity contribution in [3.8, 4) is 0 Å². The van der Waals surface area contributed by atoms with Gasteiger partial charge in [0, 0.05) is 36.6 Å². The van der Waals surface area contributed by atoms with Crippen LogP contribution in [0.2, 0.25) is 0 Å². The topological polar surface area (TPSA) is 77.1 Å². The van der Waals surface area contributed by atoms with Gasteiger partial charge in [0.1, 0.15) is 0 Å². The summed E-state index contributed by atoms with van der Waals surface area (Å²) in [5, 5.41) is 0. The van der Waals surface area contributed by atoms with Crippen molar-refractivity contribution < 1.29 is 4.79 Å². The van der Waals surface area contributed by atoms with Gasteiger partial charge in [-0.2, -0.15) is 0 Å². The summed E-state index contributed by atoms with van der Waals surface area (Å²) in [6.45, 7) is 0.589. The average Bonchev–Trinajstić information content (AvgIpc) is 2.41. The molecule has 5 heteroatoms. The van der Waals surface area contributed by atoms with Gasteiger partial charge in [-0.1, -0.05) is 12.1 Å². The van der Waals surface area contributed by atoms with Crippen molar-refractivity contribution in [3.05, 3.63) is 70.1 Å². The number of carbonyl (C=O) groups excluding carboxylic acids is 1. The fourth-order valence-electron chi connectivity index (χ4n) is 1.65. The maximum absolute atomic E-state index is 11.4. The van der Waals surface area contributed by atoms with Gasteiger partial charge >= 0.3 is 0 Å². The number of amides is 1. The van der Waals surface area contributed by atoms with Crippen LogP contribution in [0.25, 0.3) is 0 Å². The Kier molecular flexibility index (Phi) is 3.54. The maximum atomic E-state index is 11.4. The monoisotopic (exact) mass is 243 g/mol. The van der Waals surface area contributed by atoms with Gasteiger partial charge in [-0.15, -0.1) is 0 Å². The number of rotatable bonds is 3. The average molecular weight is 243 g/mol. The summed E-state index contributed by atoms with van der Waals surface area (Å²) >= 11 is 0. The fraction of sp³-hybridized carbons (Fsp3) is 0.0769. The summed E-state index contributed by atoms with van der Waals surface area (Å²) < 4.78 is 1.86. The van der Waals surface area contributed by atoms with Crippen molar-refractivity contribution in [2.24, 2.45) is 5.84 Å². The van der Waals surface area contributed by atoms with Crippen molar-refractivity contribution in [1.29, 1.82) is 0 Å². The van der Waals surface area contributed by atoms with Gasteiger partial charge < -0.3 is 4.57 Å². The molecule has 0 spiro atoms. The zero-order valence-corrected chi connectivity index (χ0v) is 9.67. The number of nitrogens with two attached hydrogens (primary N) is 1. The minimum absolute atomic E-state index is 0.0255. The highest BCUT2D eigenvalue weighted by Gasteiger charge is 2.03. The Labute approximate surface area is 104 Å². The van der Waals surface area contributed by atoms with Gasteiger partial charge in [0.05, 0.1) is 0 Å². The summed E-state index contributed by atoms with van der Waals surface area (Å²) in [6.07, 6.45) is 3.41. The van der Waals surface area contributed by atoms with Crippen LogP contribution in [0.1, 0.15) is 15.9 Å². The van der Waals surface area contributed by atoms with Crippen LogP contribution in [-0.2, 0) is 6.54 Å². The highest BCUT2D eigenvalue weighted by Crippen LogP contribution is 2.06. The maximum Gasteiger partial charge on any atom is 0.265 e. The highest BCUT2D eigenvalue weighted by atomic mass is 16.2. The third kappa shape index (κ3) is 2.83. The van der Waals surface area contributed by atoms with E-state index in [0.717, 1.165) is 5.56 Å². The Hall–Kier alpha value is -2.40. The Morgan fingerprint density at radius 2 is 1.94 bits per heavy atom. The standard InChI is InChI=1S/C13H13N3O2/c14-15-13(18)11-3-1-2-10(8-11)9-16-6-4-12(17)5-7-16/h1-8H,9,14H2,(H,15,18). The van der Waals surface area contributed by atoms with Crippen molar-refractivity contribution in [3.63, 3.8) is 0 Å². The molecule has 1 aromatic heterocycles. The molecule has 0 saturated carbocycles. The zero-order valence-electron chi connectivity index (χ0n) is 9.67. The van der Waals surface area contributed by atoms with Crippen molar-refractivity contribution in [1.82, 2.24) is 9.99 Å². The smallest absolute Gasteiger partial charge is 0.265 e. The largest absolute Gasteiger partial charge is 0.350 e. The second-order valence-corrected chi connectivity index (χ2v) is 3.88. The minimum Gasteiger partial charge on any atom is -0.350 e. The summed E-state index contributed by atoms with van der Waals surface area (Å²) in [5.74, 6) is 4.76. The number of hydrogen-bond donors (Lipinski definition) is 2. The quantitative estimate of drug-likeness (QED) is 0.468. The van der Waals surface area contributed by atoms with Gasteiger partial charge in [-0.3, -0.25) is 15.0 Å². The lowest BCUT2D eigenvalue weighted by Gasteiger charge is -2.07. The Bertz CT molecular complexity index is 599. The van der Waals surface area contributed by atoms with Gasteiger partial charge in [0.2, 0.25) is 0 Å². The van der Waals surface area contributed by atoms with Crippen molar-refractivity contribution in [2.75, 3.05) is 0 Å². The van der Waals surface area contributed by atoms with Crippen molar-refractivity contribution >= 4 is 5.91 Å². The second kappa shape index (κ2) is 5.29. The van der Waals surface area contributed by atoms with Crippen LogP contribution < -0.4 is 16.7 Å². The lowest BCUT2D eigenvalue weighted by molar-refractivity contribution is 0.0953. The molecule has 1 aromatic carbocycles. The third-order valence-electron chi connectivity index (χ3n) is 2.55. The van der Waals surface area contributed by atoms with E-state index in [1.54, 1.807) is 30.6 Å². The van der Waals surface area contributed by atoms with Gasteiger partial charge in [-0.05, 0) is 17.7 Å². The van der Waals surface area contributed by atoms with E-state index in [9.17, 15) is 9.59 Å². The molecule has 0 radical (unpaired) electrons. The van der Waals surface area contributed by atoms with E-state index in [-0.39, 0.29) is 11.3 Å². The van der Waals surface area contributed by atoms with E-state index in [2.05, 4.69) is 5.43 Å². The van der Waals surface area contributed by atoms with E-state index in [0.29, 0.717) is 12.1 Å². The van der Waals surface area contributed by atoms with Crippen LogP contribution in [0.15, 0.2) is 53.6 Å². The predicted molar refractivity (Wildman–Crippen MR) is 67.9 cm³/mol. The molecule has 0 saturated heterocycles. The molecule has 2 aromatic rings. The molecular formula is C13H13N3O2. The first kappa shape index (κ1) is 12.1. The summed E-state index contributed by atoms with van der Waals surface area (Å²) in [7, 11) is 0. The van der Waals surface area contributed by atoms with Gasteiger partial charge in [0.25, 0.3) is 5.91 Å². The number of hydrogen-bond acceptors (Lipinski definition) is 3. The molecule has 0 unspecified atom stereocenters. The number of nitrogens with one attached hydrogen (secondary N) is 1. The first-order valence-electron chi connectivity index (χ1n) is 5.45. The summed E-state index contributed by atoms with van der Waals surface area (Å²) in [6, 6.07) is 10.2. The van der Waals surface area contributed by atoms with Gasteiger partial charge in [-0.25, -0.2) is 5.84 Å². The summed E-state index contributed by atoms with van der Waals surface area (Å²) in [5.41, 5.74) is 3.54. The van der Waals surface area contributed by atoms with Crippen LogP contribution in [-0.4, -0.2) is 10.5 Å². The molecule has 0 aliphatic carbocycles. The summed E-state index contributed by atoms with van der Waals surface area (Å²) in [4.78, 5) is 22.4. The fourth-order valence-corrected chi connectivity index (χ4v) is 1.65. The molecule has 5 nitrogen and oxygen atoms in total. The minimum atomic E-state index is -0.322. The molecule has 0 aliphatic rings. The van der Waals surface area contributed by atoms with Gasteiger partial charge in [0.15, 0.2) is 5.43 Å². The molecule has 18 heavy (non-hydrogen) atoms. The Morgan fingerprint density at radius 3 is 2.61 bits per heavy atom. The van der Waals surface area contributed by atoms with Crippen LogP contribution >= 0.6 is 0 Å². The second-order valence-electron chi connectivity index (χ2n) is 3.88. The SMILES string of the molecule is NNC(=O)c1cccc(Cn2ccc(=O)cc2)c1. The number of pyridine rings is 1. The first-order valence-corrected chi connectivity index (χ1v) is 5.45. The lowest BCUT2D eigenvalue weighted by atomic mass is 10.1. The third-order valence-corrected chi connectivity index (χ3v) is 2.55. The van der Waals surface area contributed by atoms with Crippen LogP contribution in [0.4, 0.5) is 0 Å². The van der Waals surface area contributed by atoms with Crippen LogP contribution in [0, 0.1) is 0 Å². The first-order chi connectivity index (χ1) is 8.69. The molecule has 1 heterocycles. The normalized spacial score (nSPS) is 10.1. The van der Waals surface area contributed by atoms with Crippen LogP contribution in [0.5, 0.6) is 0 Å². The van der Waals surface area contributed by atoms with E-state index in [1.165, 1.54) is 12.1 Å².